The van der Waals surface area contributed by atoms with Crippen LogP contribution in [0, 0.1) is 18.6 Å². The summed E-state index contributed by atoms with van der Waals surface area (Å²) in [5.74, 6) is -1.19. The number of nitrogens with two attached hydrogens (primary N) is 1. The van der Waals surface area contributed by atoms with E-state index in [-0.39, 0.29) is 17.3 Å². The lowest BCUT2D eigenvalue weighted by molar-refractivity contribution is 0.585. The number of aryl methyl sites for hydroxylation is 1. The molecule has 1 aromatic heterocycles. The molecule has 3 rings (SSSR count). The summed E-state index contributed by atoms with van der Waals surface area (Å²) in [5.41, 5.74) is 7.03. The van der Waals surface area contributed by atoms with Crippen molar-refractivity contribution >= 4 is 28.4 Å². The van der Waals surface area contributed by atoms with Gasteiger partial charge in [0, 0.05) is 0 Å². The second kappa shape index (κ2) is 4.97. The van der Waals surface area contributed by atoms with Crippen molar-refractivity contribution < 1.29 is 8.78 Å². The number of hydrogen-bond donors (Lipinski definition) is 2. The van der Waals surface area contributed by atoms with Crippen LogP contribution in [0.5, 0.6) is 0 Å². The molecule has 0 atom stereocenters. The van der Waals surface area contributed by atoms with E-state index in [1.54, 1.807) is 25.1 Å². The molecule has 0 spiro atoms. The first kappa shape index (κ1) is 13.2. The average molecular weight is 286 g/mol. The summed E-state index contributed by atoms with van der Waals surface area (Å²) in [6, 6.07) is 9.66. The van der Waals surface area contributed by atoms with Crippen LogP contribution in [0.15, 0.2) is 36.4 Å². The van der Waals surface area contributed by atoms with Crippen LogP contribution in [0.25, 0.3) is 11.0 Å². The molecule has 0 unspecified atom stereocenters. The lowest BCUT2D eigenvalue weighted by Gasteiger charge is -2.11. The number of hydrogen-bond acceptors (Lipinski definition) is 4. The van der Waals surface area contributed by atoms with Crippen molar-refractivity contribution in [2.75, 3.05) is 11.1 Å². The quantitative estimate of drug-likeness (QED) is 0.756. The second-order valence-corrected chi connectivity index (χ2v) is 4.62. The Hall–Kier alpha value is -2.76. The Morgan fingerprint density at radius 1 is 1.00 bits per heavy atom. The number of rotatable bonds is 2. The molecule has 21 heavy (non-hydrogen) atoms. The van der Waals surface area contributed by atoms with Gasteiger partial charge in [0.15, 0.2) is 17.5 Å². The van der Waals surface area contributed by atoms with Gasteiger partial charge in [-0.15, -0.1) is 0 Å². The predicted octanol–water partition coefficient (Wildman–Crippen LogP) is 3.54. The highest BCUT2D eigenvalue weighted by atomic mass is 19.1. The van der Waals surface area contributed by atoms with E-state index in [2.05, 4.69) is 15.3 Å². The van der Waals surface area contributed by atoms with Gasteiger partial charge in [-0.1, -0.05) is 18.2 Å². The van der Waals surface area contributed by atoms with Crippen molar-refractivity contribution in [1.82, 2.24) is 9.97 Å². The predicted molar refractivity (Wildman–Crippen MR) is 78.3 cm³/mol. The zero-order valence-corrected chi connectivity index (χ0v) is 11.2. The topological polar surface area (TPSA) is 63.8 Å². The molecule has 0 aliphatic rings. The SMILES string of the molecule is Cc1ccc(F)c(Nc2nc3ccccc3nc2N)c1F. The molecule has 0 radical (unpaired) electrons. The van der Waals surface area contributed by atoms with Crippen LogP contribution in [0.4, 0.5) is 26.1 Å². The van der Waals surface area contributed by atoms with Crippen molar-refractivity contribution in [2.45, 2.75) is 6.92 Å². The van der Waals surface area contributed by atoms with Gasteiger partial charge in [0.2, 0.25) is 0 Å². The zero-order valence-electron chi connectivity index (χ0n) is 11.2. The van der Waals surface area contributed by atoms with Crippen molar-refractivity contribution in [1.29, 1.82) is 0 Å². The van der Waals surface area contributed by atoms with Gasteiger partial charge in [0.25, 0.3) is 0 Å². The number of aromatic nitrogens is 2. The van der Waals surface area contributed by atoms with Crippen LogP contribution >= 0.6 is 0 Å². The van der Waals surface area contributed by atoms with Gasteiger partial charge in [-0.2, -0.15) is 0 Å². The summed E-state index contributed by atoms with van der Waals surface area (Å²) in [5, 5.41) is 2.59. The summed E-state index contributed by atoms with van der Waals surface area (Å²) in [6.45, 7) is 1.55. The van der Waals surface area contributed by atoms with Crippen molar-refractivity contribution in [3.63, 3.8) is 0 Å². The van der Waals surface area contributed by atoms with Gasteiger partial charge >= 0.3 is 0 Å². The number of nitrogens with one attached hydrogen (secondary N) is 1. The highest BCUT2D eigenvalue weighted by molar-refractivity contribution is 5.81. The van der Waals surface area contributed by atoms with Crippen molar-refractivity contribution in [3.8, 4) is 0 Å². The monoisotopic (exact) mass is 286 g/mol. The Kier molecular flexibility index (Phi) is 3.13. The van der Waals surface area contributed by atoms with E-state index in [0.717, 1.165) is 0 Å². The standard InChI is InChI=1S/C15H12F2N4/c1-8-6-7-9(16)13(12(8)17)21-15-14(18)19-10-4-2-3-5-11(10)20-15/h2-7H,1H3,(H2,18,19)(H,20,21). The molecule has 0 saturated heterocycles. The maximum Gasteiger partial charge on any atom is 0.174 e. The van der Waals surface area contributed by atoms with E-state index in [9.17, 15) is 8.78 Å². The average Bonchev–Trinajstić information content (AvgIpc) is 2.48. The number of nitrogens with zero attached hydrogens (tertiary/aromatic N) is 2. The lowest BCUT2D eigenvalue weighted by atomic mass is 10.2. The van der Waals surface area contributed by atoms with Crippen molar-refractivity contribution in [2.24, 2.45) is 0 Å². The van der Waals surface area contributed by atoms with Gasteiger partial charge in [-0.3, -0.25) is 0 Å². The van der Waals surface area contributed by atoms with Crippen LogP contribution in [-0.2, 0) is 0 Å². The molecule has 1 heterocycles. The van der Waals surface area contributed by atoms with Gasteiger partial charge in [0.1, 0.15) is 11.5 Å². The third-order valence-electron chi connectivity index (χ3n) is 3.13. The first-order valence-electron chi connectivity index (χ1n) is 6.30. The number of para-hydroxylation sites is 2. The van der Waals surface area contributed by atoms with Crippen molar-refractivity contribution in [3.05, 3.63) is 53.6 Å². The molecule has 2 aromatic carbocycles. The smallest absolute Gasteiger partial charge is 0.174 e. The second-order valence-electron chi connectivity index (χ2n) is 4.62. The molecule has 3 N–H and O–H groups in total. The van der Waals surface area contributed by atoms with Gasteiger partial charge in [-0.25, -0.2) is 18.7 Å². The van der Waals surface area contributed by atoms with Crippen LogP contribution in [0.2, 0.25) is 0 Å². The fourth-order valence-corrected chi connectivity index (χ4v) is 2.00. The molecule has 0 bridgehead atoms. The third-order valence-corrected chi connectivity index (χ3v) is 3.13. The minimum Gasteiger partial charge on any atom is -0.381 e. The summed E-state index contributed by atoms with van der Waals surface area (Å²) >= 11 is 0. The maximum absolute atomic E-state index is 14.0. The molecule has 3 aromatic rings. The molecule has 6 heteroatoms. The Labute approximate surface area is 119 Å². The molecule has 0 saturated carbocycles. The Morgan fingerprint density at radius 3 is 2.38 bits per heavy atom. The van der Waals surface area contributed by atoms with Gasteiger partial charge in [-0.05, 0) is 30.7 Å². The molecular formula is C15H12F2N4. The van der Waals surface area contributed by atoms with E-state index >= 15 is 0 Å². The fraction of sp³-hybridized carbons (Fsp3) is 0.0667. The molecular weight excluding hydrogens is 274 g/mol. The summed E-state index contributed by atoms with van der Waals surface area (Å²) in [6.07, 6.45) is 0. The highest BCUT2D eigenvalue weighted by Gasteiger charge is 2.14. The summed E-state index contributed by atoms with van der Waals surface area (Å²) in [7, 11) is 0. The lowest BCUT2D eigenvalue weighted by Crippen LogP contribution is -2.05. The Balaban J connectivity index is 2.10. The minimum absolute atomic E-state index is 0.0778. The van der Waals surface area contributed by atoms with Crippen LogP contribution < -0.4 is 11.1 Å². The first-order chi connectivity index (χ1) is 10.1. The van der Waals surface area contributed by atoms with E-state index < -0.39 is 11.6 Å². The summed E-state index contributed by atoms with van der Waals surface area (Å²) < 4.78 is 27.8. The molecule has 0 aliphatic heterocycles. The van der Waals surface area contributed by atoms with E-state index in [4.69, 9.17) is 5.73 Å². The normalized spacial score (nSPS) is 10.8. The largest absolute Gasteiger partial charge is 0.381 e. The summed E-state index contributed by atoms with van der Waals surface area (Å²) in [4.78, 5) is 8.41. The Morgan fingerprint density at radius 2 is 1.67 bits per heavy atom. The Bertz CT molecular complexity index is 833. The zero-order chi connectivity index (χ0) is 15.0. The maximum atomic E-state index is 14.0. The van der Waals surface area contributed by atoms with Crippen LogP contribution in [0.1, 0.15) is 5.56 Å². The van der Waals surface area contributed by atoms with E-state index in [1.165, 1.54) is 12.1 Å². The number of halogens is 2. The van der Waals surface area contributed by atoms with Crippen LogP contribution in [-0.4, -0.2) is 9.97 Å². The minimum atomic E-state index is -0.715. The molecule has 106 valence electrons. The molecule has 0 amide bonds. The molecule has 0 fully saturated rings. The first-order valence-corrected chi connectivity index (χ1v) is 6.30. The van der Waals surface area contributed by atoms with Crippen LogP contribution in [0.3, 0.4) is 0 Å². The van der Waals surface area contributed by atoms with E-state index in [1.807, 2.05) is 6.07 Å². The number of fused-ring (bicyclic) bond motifs is 1. The highest BCUT2D eigenvalue weighted by Crippen LogP contribution is 2.27. The van der Waals surface area contributed by atoms with E-state index in [0.29, 0.717) is 16.6 Å². The molecule has 4 nitrogen and oxygen atoms in total. The third kappa shape index (κ3) is 2.35. The number of anilines is 3. The fourth-order valence-electron chi connectivity index (χ4n) is 2.00. The number of nitrogen functional groups attached to an aromatic ring is 1. The van der Waals surface area contributed by atoms with Gasteiger partial charge < -0.3 is 11.1 Å². The van der Waals surface area contributed by atoms with Gasteiger partial charge in [0.05, 0.1) is 11.0 Å². The molecule has 0 aliphatic carbocycles. The number of benzene rings is 2.